The van der Waals surface area contributed by atoms with E-state index in [2.05, 4.69) is 0 Å². The molecule has 0 saturated heterocycles. The molecule has 0 saturated carbocycles. The third-order valence-electron chi connectivity index (χ3n) is 4.32. The van der Waals surface area contributed by atoms with Gasteiger partial charge in [-0.25, -0.2) is 0 Å². The lowest BCUT2D eigenvalue weighted by Gasteiger charge is -2.34. The maximum absolute atomic E-state index is 12.7. The van der Waals surface area contributed by atoms with Gasteiger partial charge in [0.1, 0.15) is 12.3 Å². The maximum Gasteiger partial charge on any atom is 0.268 e. The minimum absolute atomic E-state index is 0.0129. The van der Waals surface area contributed by atoms with Crippen LogP contribution in [-0.2, 0) is 16.1 Å². The number of benzene rings is 2. The number of hydrogen-bond donors (Lipinski definition) is 0. The topological polar surface area (TPSA) is 49.9 Å². The van der Waals surface area contributed by atoms with Crippen molar-refractivity contribution in [2.45, 2.75) is 26.0 Å². The van der Waals surface area contributed by atoms with E-state index in [4.69, 9.17) is 4.74 Å². The SMILES string of the molecule is CCC1Oc2ccccc2N(CC(=O)N(C)Cc2ccccc2)C1=O. The summed E-state index contributed by atoms with van der Waals surface area (Å²) < 4.78 is 5.75. The van der Waals surface area contributed by atoms with Crippen LogP contribution in [0.4, 0.5) is 5.69 Å². The van der Waals surface area contributed by atoms with Crippen molar-refractivity contribution in [2.24, 2.45) is 0 Å². The van der Waals surface area contributed by atoms with E-state index in [-0.39, 0.29) is 18.4 Å². The van der Waals surface area contributed by atoms with E-state index in [1.165, 1.54) is 4.90 Å². The smallest absolute Gasteiger partial charge is 0.268 e. The first-order chi connectivity index (χ1) is 12.1. The minimum atomic E-state index is -0.540. The molecule has 0 aromatic heterocycles. The first kappa shape index (κ1) is 17.0. The Morgan fingerprint density at radius 3 is 2.52 bits per heavy atom. The van der Waals surface area contributed by atoms with Crippen LogP contribution in [-0.4, -0.2) is 36.4 Å². The fraction of sp³-hybridized carbons (Fsp3) is 0.300. The summed E-state index contributed by atoms with van der Waals surface area (Å²) in [4.78, 5) is 28.5. The van der Waals surface area contributed by atoms with Gasteiger partial charge in [-0.15, -0.1) is 0 Å². The molecule has 1 unspecified atom stereocenters. The number of fused-ring (bicyclic) bond motifs is 1. The molecule has 1 aliphatic rings. The van der Waals surface area contributed by atoms with Crippen molar-refractivity contribution in [1.82, 2.24) is 4.90 Å². The predicted octanol–water partition coefficient (Wildman–Crippen LogP) is 2.85. The third-order valence-corrected chi connectivity index (χ3v) is 4.32. The molecule has 0 bridgehead atoms. The molecule has 1 heterocycles. The molecule has 2 amide bonds. The summed E-state index contributed by atoms with van der Waals surface area (Å²) in [6, 6.07) is 17.1. The summed E-state index contributed by atoms with van der Waals surface area (Å²) in [6.45, 7) is 2.42. The van der Waals surface area contributed by atoms with Crippen molar-refractivity contribution in [2.75, 3.05) is 18.5 Å². The quantitative estimate of drug-likeness (QED) is 0.842. The number of anilines is 1. The summed E-state index contributed by atoms with van der Waals surface area (Å²) in [5.74, 6) is 0.374. The highest BCUT2D eigenvalue weighted by Gasteiger charge is 2.34. The van der Waals surface area contributed by atoms with Gasteiger partial charge in [-0.05, 0) is 24.1 Å². The first-order valence-corrected chi connectivity index (χ1v) is 8.45. The highest BCUT2D eigenvalue weighted by atomic mass is 16.5. The van der Waals surface area contributed by atoms with E-state index >= 15 is 0 Å². The van der Waals surface area contributed by atoms with Crippen LogP contribution < -0.4 is 9.64 Å². The van der Waals surface area contributed by atoms with Gasteiger partial charge in [-0.2, -0.15) is 0 Å². The van der Waals surface area contributed by atoms with E-state index < -0.39 is 6.10 Å². The van der Waals surface area contributed by atoms with Gasteiger partial charge in [-0.3, -0.25) is 14.5 Å². The van der Waals surface area contributed by atoms with Crippen LogP contribution in [0.5, 0.6) is 5.75 Å². The summed E-state index contributed by atoms with van der Waals surface area (Å²) >= 11 is 0. The fourth-order valence-corrected chi connectivity index (χ4v) is 2.90. The molecule has 0 aliphatic carbocycles. The van der Waals surface area contributed by atoms with Crippen LogP contribution in [0.1, 0.15) is 18.9 Å². The van der Waals surface area contributed by atoms with Crippen molar-refractivity contribution < 1.29 is 14.3 Å². The summed E-state index contributed by atoms with van der Waals surface area (Å²) in [7, 11) is 1.75. The zero-order chi connectivity index (χ0) is 17.8. The molecule has 0 N–H and O–H groups in total. The lowest BCUT2D eigenvalue weighted by molar-refractivity contribution is -0.133. The predicted molar refractivity (Wildman–Crippen MR) is 96.4 cm³/mol. The average molecular weight is 338 g/mol. The Hall–Kier alpha value is -2.82. The van der Waals surface area contributed by atoms with E-state index in [0.717, 1.165) is 5.56 Å². The average Bonchev–Trinajstić information content (AvgIpc) is 2.64. The molecule has 1 atom stereocenters. The molecule has 0 spiro atoms. The van der Waals surface area contributed by atoms with Crippen molar-refractivity contribution in [3.05, 3.63) is 60.2 Å². The van der Waals surface area contributed by atoms with Crippen LogP contribution in [0.3, 0.4) is 0 Å². The molecular weight excluding hydrogens is 316 g/mol. The molecule has 130 valence electrons. The molecule has 5 nitrogen and oxygen atoms in total. The molecule has 0 fully saturated rings. The van der Waals surface area contributed by atoms with Gasteiger partial charge < -0.3 is 9.64 Å². The maximum atomic E-state index is 12.7. The Kier molecular flexibility index (Phi) is 5.03. The molecule has 0 radical (unpaired) electrons. The van der Waals surface area contributed by atoms with Gasteiger partial charge in [0.25, 0.3) is 5.91 Å². The van der Waals surface area contributed by atoms with Gasteiger partial charge in [-0.1, -0.05) is 49.4 Å². The second kappa shape index (κ2) is 7.38. The van der Waals surface area contributed by atoms with E-state index in [9.17, 15) is 9.59 Å². The lowest BCUT2D eigenvalue weighted by atomic mass is 10.1. The highest BCUT2D eigenvalue weighted by molar-refractivity contribution is 6.03. The first-order valence-electron chi connectivity index (χ1n) is 8.45. The zero-order valence-electron chi connectivity index (χ0n) is 14.5. The van der Waals surface area contributed by atoms with Gasteiger partial charge in [0.2, 0.25) is 5.91 Å². The van der Waals surface area contributed by atoms with Crippen LogP contribution in [0, 0.1) is 0 Å². The third kappa shape index (κ3) is 3.65. The molecule has 5 heteroatoms. The summed E-state index contributed by atoms with van der Waals surface area (Å²) in [6.07, 6.45) is 0.0275. The summed E-state index contributed by atoms with van der Waals surface area (Å²) in [5, 5.41) is 0. The Morgan fingerprint density at radius 2 is 1.80 bits per heavy atom. The molecule has 2 aromatic carbocycles. The molecule has 25 heavy (non-hydrogen) atoms. The van der Waals surface area contributed by atoms with Crippen molar-refractivity contribution in [1.29, 1.82) is 0 Å². The summed E-state index contributed by atoms with van der Waals surface area (Å²) in [5.41, 5.74) is 1.71. The van der Waals surface area contributed by atoms with Gasteiger partial charge in [0.15, 0.2) is 6.10 Å². The molecule has 2 aromatic rings. The number of rotatable bonds is 5. The number of hydrogen-bond acceptors (Lipinski definition) is 3. The van der Waals surface area contributed by atoms with Crippen LogP contribution in [0.2, 0.25) is 0 Å². The van der Waals surface area contributed by atoms with Crippen LogP contribution in [0.25, 0.3) is 0 Å². The Bertz CT molecular complexity index is 761. The standard InChI is InChI=1S/C20H22N2O3/c1-3-17-20(24)22(16-11-7-8-12-18(16)25-17)14-19(23)21(2)13-15-9-5-4-6-10-15/h4-12,17H,3,13-14H2,1-2H3. The zero-order valence-corrected chi connectivity index (χ0v) is 14.5. The lowest BCUT2D eigenvalue weighted by Crippen LogP contribution is -2.49. The van der Waals surface area contributed by atoms with Gasteiger partial charge in [0.05, 0.1) is 5.69 Å². The normalized spacial score (nSPS) is 16.2. The van der Waals surface area contributed by atoms with Crippen molar-refractivity contribution in [3.8, 4) is 5.75 Å². The number of para-hydroxylation sites is 2. The molecule has 3 rings (SSSR count). The van der Waals surface area contributed by atoms with Crippen molar-refractivity contribution >= 4 is 17.5 Å². The minimum Gasteiger partial charge on any atom is -0.478 e. The van der Waals surface area contributed by atoms with Gasteiger partial charge in [0, 0.05) is 13.6 Å². The van der Waals surface area contributed by atoms with Crippen LogP contribution in [0.15, 0.2) is 54.6 Å². The number of carbonyl (C=O) groups excluding carboxylic acids is 2. The number of carbonyl (C=O) groups is 2. The number of ether oxygens (including phenoxy) is 1. The van der Waals surface area contributed by atoms with Crippen LogP contribution >= 0.6 is 0 Å². The fourth-order valence-electron chi connectivity index (χ4n) is 2.90. The molecular formula is C20H22N2O3. The largest absolute Gasteiger partial charge is 0.478 e. The van der Waals surface area contributed by atoms with E-state index in [0.29, 0.717) is 24.4 Å². The Balaban J connectivity index is 1.76. The van der Waals surface area contributed by atoms with E-state index in [1.54, 1.807) is 11.9 Å². The van der Waals surface area contributed by atoms with E-state index in [1.807, 2.05) is 61.5 Å². The highest BCUT2D eigenvalue weighted by Crippen LogP contribution is 2.34. The molecule has 1 aliphatic heterocycles. The number of nitrogens with zero attached hydrogens (tertiary/aromatic N) is 2. The Morgan fingerprint density at radius 1 is 1.12 bits per heavy atom. The second-order valence-corrected chi connectivity index (χ2v) is 6.14. The number of amides is 2. The van der Waals surface area contributed by atoms with Crippen molar-refractivity contribution in [3.63, 3.8) is 0 Å². The monoisotopic (exact) mass is 338 g/mol. The van der Waals surface area contributed by atoms with Gasteiger partial charge >= 0.3 is 0 Å². The second-order valence-electron chi connectivity index (χ2n) is 6.14. The Labute approximate surface area is 147 Å². The number of likely N-dealkylation sites (N-methyl/N-ethyl adjacent to an activating group) is 1.